The summed E-state index contributed by atoms with van der Waals surface area (Å²) in [5.41, 5.74) is 0. The van der Waals surface area contributed by atoms with Crippen LogP contribution in [0.4, 0.5) is 0 Å². The summed E-state index contributed by atoms with van der Waals surface area (Å²) in [5, 5.41) is 5.49. The van der Waals surface area contributed by atoms with Gasteiger partial charge in [0.2, 0.25) is 0 Å². The Labute approximate surface area is 126 Å². The SMILES string of the molecule is CCCCCCCCCCC=NN1C(=O)CSC1=S. The summed E-state index contributed by atoms with van der Waals surface area (Å²) in [4.78, 5) is 11.4. The van der Waals surface area contributed by atoms with E-state index in [1.54, 1.807) is 0 Å². The molecule has 0 aromatic rings. The maximum Gasteiger partial charge on any atom is 0.259 e. The van der Waals surface area contributed by atoms with Gasteiger partial charge in [-0.2, -0.15) is 10.1 Å². The molecule has 0 spiro atoms. The number of thioether (sulfide) groups is 1. The molecule has 1 aliphatic rings. The molecule has 1 amide bonds. The summed E-state index contributed by atoms with van der Waals surface area (Å²) >= 11 is 6.43. The minimum absolute atomic E-state index is 0.00201. The maximum absolute atomic E-state index is 11.4. The summed E-state index contributed by atoms with van der Waals surface area (Å²) in [7, 11) is 0. The van der Waals surface area contributed by atoms with Crippen molar-refractivity contribution in [2.45, 2.75) is 64.7 Å². The average molecular weight is 300 g/mol. The van der Waals surface area contributed by atoms with Crippen molar-refractivity contribution in [1.29, 1.82) is 0 Å². The predicted octanol–water partition coefficient (Wildman–Crippen LogP) is 4.36. The quantitative estimate of drug-likeness (QED) is 0.341. The highest BCUT2D eigenvalue weighted by molar-refractivity contribution is 8.23. The minimum atomic E-state index is 0.00201. The van der Waals surface area contributed by atoms with Crippen LogP contribution >= 0.6 is 24.0 Å². The lowest BCUT2D eigenvalue weighted by atomic mass is 10.1. The normalized spacial score (nSPS) is 15.9. The van der Waals surface area contributed by atoms with E-state index in [-0.39, 0.29) is 5.91 Å². The molecule has 1 rings (SSSR count). The Bertz CT molecular complexity index is 303. The van der Waals surface area contributed by atoms with E-state index in [1.807, 2.05) is 6.21 Å². The van der Waals surface area contributed by atoms with Gasteiger partial charge in [0, 0.05) is 6.21 Å². The molecule has 1 saturated heterocycles. The molecule has 0 aromatic heterocycles. The summed E-state index contributed by atoms with van der Waals surface area (Å²) in [5.74, 6) is 0.440. The maximum atomic E-state index is 11.4. The molecule has 0 atom stereocenters. The molecule has 0 aromatic carbocycles. The number of thiocarbonyl (C=S) groups is 1. The van der Waals surface area contributed by atoms with E-state index in [4.69, 9.17) is 12.2 Å². The van der Waals surface area contributed by atoms with Gasteiger partial charge in [-0.05, 0) is 12.8 Å². The molecule has 19 heavy (non-hydrogen) atoms. The molecule has 108 valence electrons. The monoisotopic (exact) mass is 300 g/mol. The van der Waals surface area contributed by atoms with E-state index >= 15 is 0 Å². The number of hydrazone groups is 1. The van der Waals surface area contributed by atoms with Crippen molar-refractivity contribution in [2.75, 3.05) is 5.75 Å². The molecule has 5 heteroatoms. The number of rotatable bonds is 10. The van der Waals surface area contributed by atoms with Gasteiger partial charge in [-0.1, -0.05) is 75.8 Å². The summed E-state index contributed by atoms with van der Waals surface area (Å²) in [6.45, 7) is 2.24. The molecule has 0 saturated carbocycles. The van der Waals surface area contributed by atoms with E-state index < -0.39 is 0 Å². The minimum Gasteiger partial charge on any atom is -0.272 e. The summed E-state index contributed by atoms with van der Waals surface area (Å²) in [6.07, 6.45) is 13.3. The smallest absolute Gasteiger partial charge is 0.259 e. The van der Waals surface area contributed by atoms with E-state index in [0.717, 1.165) is 12.8 Å². The summed E-state index contributed by atoms with van der Waals surface area (Å²) < 4.78 is 0.581. The lowest BCUT2D eigenvalue weighted by molar-refractivity contribution is -0.124. The van der Waals surface area contributed by atoms with Crippen LogP contribution in [-0.2, 0) is 4.79 Å². The van der Waals surface area contributed by atoms with Gasteiger partial charge in [-0.3, -0.25) is 4.79 Å². The fourth-order valence-corrected chi connectivity index (χ4v) is 2.93. The Morgan fingerprint density at radius 3 is 2.42 bits per heavy atom. The van der Waals surface area contributed by atoms with Crippen molar-refractivity contribution in [1.82, 2.24) is 5.01 Å². The van der Waals surface area contributed by atoms with Crippen molar-refractivity contribution < 1.29 is 4.79 Å². The molecule has 0 bridgehead atoms. The van der Waals surface area contributed by atoms with Gasteiger partial charge in [0.25, 0.3) is 5.91 Å². The highest BCUT2D eigenvalue weighted by Crippen LogP contribution is 2.19. The topological polar surface area (TPSA) is 32.7 Å². The van der Waals surface area contributed by atoms with Crippen LogP contribution < -0.4 is 0 Å². The van der Waals surface area contributed by atoms with Crippen LogP contribution in [0.2, 0.25) is 0 Å². The van der Waals surface area contributed by atoms with Gasteiger partial charge in [-0.25, -0.2) is 0 Å². The Morgan fingerprint density at radius 1 is 1.21 bits per heavy atom. The number of carbonyl (C=O) groups excluding carboxylic acids is 1. The highest BCUT2D eigenvalue weighted by atomic mass is 32.2. The van der Waals surface area contributed by atoms with Gasteiger partial charge in [0.05, 0.1) is 5.75 Å². The van der Waals surface area contributed by atoms with Crippen LogP contribution in [-0.4, -0.2) is 27.2 Å². The van der Waals surface area contributed by atoms with Crippen LogP contribution in [0.5, 0.6) is 0 Å². The Balaban J connectivity index is 1.96. The average Bonchev–Trinajstić information content (AvgIpc) is 2.72. The third kappa shape index (κ3) is 7.06. The number of hydrogen-bond acceptors (Lipinski definition) is 4. The molecular weight excluding hydrogens is 276 g/mol. The molecule has 1 fully saturated rings. The van der Waals surface area contributed by atoms with Crippen molar-refractivity contribution in [2.24, 2.45) is 5.10 Å². The van der Waals surface area contributed by atoms with Crippen LogP contribution in [0, 0.1) is 0 Å². The third-order valence-electron chi connectivity index (χ3n) is 3.11. The molecule has 1 heterocycles. The van der Waals surface area contributed by atoms with Crippen LogP contribution in [0.1, 0.15) is 64.7 Å². The van der Waals surface area contributed by atoms with Crippen LogP contribution in [0.15, 0.2) is 5.10 Å². The third-order valence-corrected chi connectivity index (χ3v) is 4.45. The van der Waals surface area contributed by atoms with E-state index in [1.165, 1.54) is 61.7 Å². The van der Waals surface area contributed by atoms with Gasteiger partial charge in [-0.15, -0.1) is 0 Å². The first-order chi connectivity index (χ1) is 9.25. The van der Waals surface area contributed by atoms with Crippen molar-refractivity contribution in [3.05, 3.63) is 0 Å². The molecule has 0 aliphatic carbocycles. The van der Waals surface area contributed by atoms with Crippen molar-refractivity contribution in [3.8, 4) is 0 Å². The largest absolute Gasteiger partial charge is 0.272 e. The second-order valence-corrected chi connectivity index (χ2v) is 6.43. The van der Waals surface area contributed by atoms with Crippen molar-refractivity contribution in [3.63, 3.8) is 0 Å². The molecule has 1 aliphatic heterocycles. The Morgan fingerprint density at radius 2 is 1.84 bits per heavy atom. The zero-order chi connectivity index (χ0) is 13.9. The zero-order valence-electron chi connectivity index (χ0n) is 11.8. The lowest BCUT2D eigenvalue weighted by Gasteiger charge is -2.06. The molecular formula is C14H24N2OS2. The van der Waals surface area contributed by atoms with Gasteiger partial charge in [0.15, 0.2) is 4.32 Å². The fraction of sp³-hybridized carbons (Fsp3) is 0.786. The zero-order valence-corrected chi connectivity index (χ0v) is 13.4. The predicted molar refractivity (Wildman–Crippen MR) is 87.6 cm³/mol. The molecule has 0 radical (unpaired) electrons. The van der Waals surface area contributed by atoms with E-state index in [0.29, 0.717) is 10.1 Å². The first kappa shape index (κ1) is 16.6. The van der Waals surface area contributed by atoms with E-state index in [9.17, 15) is 4.79 Å². The molecule has 0 N–H and O–H groups in total. The second kappa shape index (κ2) is 10.4. The van der Waals surface area contributed by atoms with Crippen LogP contribution in [0.25, 0.3) is 0 Å². The van der Waals surface area contributed by atoms with Gasteiger partial charge < -0.3 is 0 Å². The number of carbonyl (C=O) groups is 1. The summed E-state index contributed by atoms with van der Waals surface area (Å²) in [6, 6.07) is 0. The van der Waals surface area contributed by atoms with Gasteiger partial charge in [0.1, 0.15) is 0 Å². The molecule has 3 nitrogen and oxygen atoms in total. The first-order valence-electron chi connectivity index (χ1n) is 7.28. The molecule has 0 unspecified atom stereocenters. The number of amides is 1. The Hall–Kier alpha value is -0.420. The number of unbranched alkanes of at least 4 members (excludes halogenated alkanes) is 8. The fourth-order valence-electron chi connectivity index (χ4n) is 1.97. The second-order valence-electron chi connectivity index (χ2n) is 4.82. The first-order valence-corrected chi connectivity index (χ1v) is 8.67. The van der Waals surface area contributed by atoms with E-state index in [2.05, 4.69) is 12.0 Å². The number of hydrogen-bond donors (Lipinski definition) is 0. The van der Waals surface area contributed by atoms with Crippen LogP contribution in [0.3, 0.4) is 0 Å². The lowest BCUT2D eigenvalue weighted by Crippen LogP contribution is -2.22. The van der Waals surface area contributed by atoms with Crippen molar-refractivity contribution >= 4 is 40.4 Å². The number of nitrogens with zero attached hydrogens (tertiary/aromatic N) is 2. The Kier molecular flexibility index (Phi) is 9.08. The highest BCUT2D eigenvalue weighted by Gasteiger charge is 2.25. The van der Waals surface area contributed by atoms with Gasteiger partial charge >= 0.3 is 0 Å². The standard InChI is InChI=1S/C14H24N2OS2/c1-2-3-4-5-6-7-8-9-10-11-15-16-13(17)12-19-14(16)18/h11H,2-10,12H2,1H3.